The van der Waals surface area contributed by atoms with E-state index in [1.165, 1.54) is 11.1 Å². The van der Waals surface area contributed by atoms with Crippen molar-refractivity contribution < 1.29 is 9.90 Å². The van der Waals surface area contributed by atoms with Gasteiger partial charge in [-0.1, -0.05) is 30.3 Å². The fraction of sp³-hybridized carbons (Fsp3) is 0.438. The highest BCUT2D eigenvalue weighted by atomic mass is 16.4. The molecule has 0 heterocycles. The van der Waals surface area contributed by atoms with Gasteiger partial charge in [0.05, 0.1) is 5.41 Å². The third-order valence-corrected chi connectivity index (χ3v) is 4.10. The molecule has 1 aliphatic rings. The van der Waals surface area contributed by atoms with Crippen molar-refractivity contribution in [1.82, 2.24) is 0 Å². The van der Waals surface area contributed by atoms with Crippen LogP contribution in [0.5, 0.6) is 0 Å². The number of hydrogen-bond donors (Lipinski definition) is 1. The Labute approximate surface area is 108 Å². The highest BCUT2D eigenvalue weighted by Gasteiger charge is 2.34. The molecule has 0 aliphatic heterocycles. The van der Waals surface area contributed by atoms with Gasteiger partial charge in [0.25, 0.3) is 0 Å². The molecule has 0 spiro atoms. The highest BCUT2D eigenvalue weighted by Crippen LogP contribution is 2.40. The maximum Gasteiger partial charge on any atom is 0.313 e. The molecule has 1 aliphatic carbocycles. The number of benzene rings is 1. The molecule has 2 atom stereocenters. The summed E-state index contributed by atoms with van der Waals surface area (Å²) < 4.78 is 0. The summed E-state index contributed by atoms with van der Waals surface area (Å²) in [5, 5.41) is 9.34. The first kappa shape index (κ1) is 12.9. The van der Waals surface area contributed by atoms with Crippen LogP contribution < -0.4 is 0 Å². The average molecular weight is 244 g/mol. The minimum Gasteiger partial charge on any atom is -0.481 e. The van der Waals surface area contributed by atoms with Crippen LogP contribution in [0.3, 0.4) is 0 Å². The van der Waals surface area contributed by atoms with Gasteiger partial charge in [-0.2, -0.15) is 0 Å². The van der Waals surface area contributed by atoms with Crippen molar-refractivity contribution in [2.24, 2.45) is 5.41 Å². The van der Waals surface area contributed by atoms with E-state index in [-0.39, 0.29) is 0 Å². The number of carboxylic acid groups (broad SMARTS) is 1. The zero-order valence-electron chi connectivity index (χ0n) is 10.9. The fourth-order valence-electron chi connectivity index (χ4n) is 2.84. The van der Waals surface area contributed by atoms with Crippen LogP contribution in [0.2, 0.25) is 0 Å². The molecule has 1 aromatic carbocycles. The summed E-state index contributed by atoms with van der Waals surface area (Å²) in [6, 6.07) is 8.41. The Bertz CT molecular complexity index is 464. The minimum atomic E-state index is -0.824. The molecule has 2 nitrogen and oxygen atoms in total. The minimum absolute atomic E-state index is 0.342. The lowest BCUT2D eigenvalue weighted by Gasteiger charge is -2.31. The molecule has 0 radical (unpaired) electrons. The van der Waals surface area contributed by atoms with Crippen LogP contribution >= 0.6 is 0 Å². The molecule has 1 aromatic rings. The Morgan fingerprint density at radius 3 is 2.94 bits per heavy atom. The van der Waals surface area contributed by atoms with Crippen LogP contribution in [0.15, 0.2) is 36.9 Å². The zero-order chi connectivity index (χ0) is 13.2. The largest absolute Gasteiger partial charge is 0.481 e. The van der Waals surface area contributed by atoms with Gasteiger partial charge in [0.15, 0.2) is 0 Å². The third-order valence-electron chi connectivity index (χ3n) is 4.10. The number of aryl methyl sites for hydroxylation is 1. The number of rotatable bonds is 4. The fourth-order valence-corrected chi connectivity index (χ4v) is 2.84. The lowest BCUT2D eigenvalue weighted by Crippen LogP contribution is -2.28. The molecular weight excluding hydrogens is 224 g/mol. The van der Waals surface area contributed by atoms with Gasteiger partial charge in [-0.3, -0.25) is 4.79 Å². The Kier molecular flexibility index (Phi) is 3.55. The van der Waals surface area contributed by atoms with Crippen molar-refractivity contribution >= 4 is 5.97 Å². The maximum atomic E-state index is 11.4. The zero-order valence-corrected chi connectivity index (χ0v) is 10.9. The molecule has 2 heteroatoms. The standard InChI is InChI=1S/C16H20O2/c1-3-16(2,15(17)18)11-13-9-6-8-12-7-4-5-10-14(12)13/h3-5,7,10,13H,1,6,8-9,11H2,2H3,(H,17,18). The molecule has 1 N–H and O–H groups in total. The molecule has 0 saturated carbocycles. The van der Waals surface area contributed by atoms with Gasteiger partial charge in [0.2, 0.25) is 0 Å². The second kappa shape index (κ2) is 4.97. The van der Waals surface area contributed by atoms with Crippen molar-refractivity contribution in [3.05, 3.63) is 48.0 Å². The van der Waals surface area contributed by atoms with E-state index in [4.69, 9.17) is 0 Å². The predicted molar refractivity (Wildman–Crippen MR) is 72.7 cm³/mol. The summed E-state index contributed by atoms with van der Waals surface area (Å²) in [6.07, 6.45) is 5.56. The summed E-state index contributed by atoms with van der Waals surface area (Å²) >= 11 is 0. The first-order valence-electron chi connectivity index (χ1n) is 6.51. The van der Waals surface area contributed by atoms with E-state index in [0.717, 1.165) is 19.3 Å². The van der Waals surface area contributed by atoms with Crippen LogP contribution in [-0.4, -0.2) is 11.1 Å². The van der Waals surface area contributed by atoms with Gasteiger partial charge in [0.1, 0.15) is 0 Å². The van der Waals surface area contributed by atoms with E-state index in [1.807, 2.05) is 6.07 Å². The van der Waals surface area contributed by atoms with Crippen molar-refractivity contribution in [1.29, 1.82) is 0 Å². The van der Waals surface area contributed by atoms with E-state index < -0.39 is 11.4 Å². The van der Waals surface area contributed by atoms with Gasteiger partial charge >= 0.3 is 5.97 Å². The molecule has 2 unspecified atom stereocenters. The maximum absolute atomic E-state index is 11.4. The molecule has 0 aromatic heterocycles. The van der Waals surface area contributed by atoms with Crippen LogP contribution in [-0.2, 0) is 11.2 Å². The molecule has 18 heavy (non-hydrogen) atoms. The SMILES string of the molecule is C=CC(C)(CC1CCCc2ccccc21)C(=O)O. The Morgan fingerprint density at radius 2 is 2.28 bits per heavy atom. The summed E-state index contributed by atoms with van der Waals surface area (Å²) in [6.45, 7) is 5.46. The molecule has 0 bridgehead atoms. The van der Waals surface area contributed by atoms with Crippen molar-refractivity contribution in [2.45, 2.75) is 38.5 Å². The van der Waals surface area contributed by atoms with E-state index in [0.29, 0.717) is 12.3 Å². The van der Waals surface area contributed by atoms with E-state index in [9.17, 15) is 9.90 Å². The summed E-state index contributed by atoms with van der Waals surface area (Å²) in [7, 11) is 0. The van der Waals surface area contributed by atoms with Gasteiger partial charge in [-0.05, 0) is 49.7 Å². The quantitative estimate of drug-likeness (QED) is 0.818. The van der Waals surface area contributed by atoms with Crippen LogP contribution in [0, 0.1) is 5.41 Å². The smallest absolute Gasteiger partial charge is 0.313 e. The Hall–Kier alpha value is -1.57. The molecule has 0 fully saturated rings. The first-order valence-corrected chi connectivity index (χ1v) is 6.51. The number of carboxylic acids is 1. The summed E-state index contributed by atoms with van der Waals surface area (Å²) in [5.74, 6) is -0.436. The van der Waals surface area contributed by atoms with E-state index in [1.54, 1.807) is 13.0 Å². The van der Waals surface area contributed by atoms with Gasteiger partial charge < -0.3 is 5.11 Å². The van der Waals surface area contributed by atoms with E-state index in [2.05, 4.69) is 24.8 Å². The predicted octanol–water partition coefficient (Wildman–Crippen LogP) is 3.77. The summed E-state index contributed by atoms with van der Waals surface area (Å²) in [4.78, 5) is 11.4. The Balaban J connectivity index is 2.26. The normalized spacial score (nSPS) is 21.7. The van der Waals surface area contributed by atoms with Gasteiger partial charge in [-0.25, -0.2) is 0 Å². The molecule has 0 amide bonds. The van der Waals surface area contributed by atoms with Gasteiger partial charge in [-0.15, -0.1) is 6.58 Å². The molecular formula is C16H20O2. The lowest BCUT2D eigenvalue weighted by molar-refractivity contribution is -0.145. The number of aliphatic carboxylic acids is 1. The topological polar surface area (TPSA) is 37.3 Å². The monoisotopic (exact) mass is 244 g/mol. The second-order valence-electron chi connectivity index (χ2n) is 5.42. The number of carbonyl (C=O) groups is 1. The van der Waals surface area contributed by atoms with Crippen LogP contribution in [0.1, 0.15) is 43.2 Å². The average Bonchev–Trinajstić information content (AvgIpc) is 2.39. The number of hydrogen-bond acceptors (Lipinski definition) is 1. The highest BCUT2D eigenvalue weighted by molar-refractivity contribution is 5.76. The van der Waals surface area contributed by atoms with E-state index >= 15 is 0 Å². The second-order valence-corrected chi connectivity index (χ2v) is 5.42. The van der Waals surface area contributed by atoms with Crippen molar-refractivity contribution in [3.63, 3.8) is 0 Å². The molecule has 96 valence electrons. The lowest BCUT2D eigenvalue weighted by atomic mass is 9.73. The van der Waals surface area contributed by atoms with Crippen LogP contribution in [0.4, 0.5) is 0 Å². The molecule has 2 rings (SSSR count). The number of fused-ring (bicyclic) bond motifs is 1. The van der Waals surface area contributed by atoms with Crippen molar-refractivity contribution in [3.8, 4) is 0 Å². The van der Waals surface area contributed by atoms with Crippen LogP contribution in [0.25, 0.3) is 0 Å². The summed E-state index contributed by atoms with van der Waals surface area (Å²) in [5.41, 5.74) is 1.89. The Morgan fingerprint density at radius 1 is 1.56 bits per heavy atom. The first-order chi connectivity index (χ1) is 8.57. The molecule has 0 saturated heterocycles. The van der Waals surface area contributed by atoms with Gasteiger partial charge in [0, 0.05) is 0 Å². The third kappa shape index (κ3) is 2.33. The van der Waals surface area contributed by atoms with Crippen molar-refractivity contribution in [2.75, 3.05) is 0 Å².